The Morgan fingerprint density at radius 3 is 2.69 bits per heavy atom. The van der Waals surface area contributed by atoms with Crippen molar-refractivity contribution in [1.29, 1.82) is 0 Å². The smallest absolute Gasteiger partial charge is 0.173 e. The predicted molar refractivity (Wildman–Crippen MR) is 53.9 cm³/mol. The van der Waals surface area contributed by atoms with Gasteiger partial charge in [0.2, 0.25) is 0 Å². The summed E-state index contributed by atoms with van der Waals surface area (Å²) in [7, 11) is 0. The van der Waals surface area contributed by atoms with E-state index >= 15 is 0 Å². The Morgan fingerprint density at radius 2 is 2.23 bits per heavy atom. The lowest BCUT2D eigenvalue weighted by molar-refractivity contribution is 0.102. The maximum absolute atomic E-state index is 13.0. The summed E-state index contributed by atoms with van der Waals surface area (Å²) in [6.07, 6.45) is 0. The summed E-state index contributed by atoms with van der Waals surface area (Å²) in [6, 6.07) is 2.43. The Kier molecular flexibility index (Phi) is 3.27. The molecule has 0 saturated heterocycles. The SMILES string of the molecule is Nc1cc(C(=O)CBr)cc(F)c1Cl. The van der Waals surface area contributed by atoms with E-state index in [-0.39, 0.29) is 27.4 Å². The normalized spacial score (nSPS) is 10.1. The van der Waals surface area contributed by atoms with Crippen molar-refractivity contribution in [2.24, 2.45) is 0 Å². The van der Waals surface area contributed by atoms with E-state index in [0.29, 0.717) is 0 Å². The van der Waals surface area contributed by atoms with E-state index in [1.807, 2.05) is 0 Å². The molecule has 0 aliphatic rings. The standard InChI is InChI=1S/C8H6BrClFNO/c9-3-7(13)4-1-5(11)8(10)6(12)2-4/h1-2H,3,12H2. The third-order valence-electron chi connectivity index (χ3n) is 1.50. The Hall–Kier alpha value is -0.610. The van der Waals surface area contributed by atoms with Gasteiger partial charge in [-0.2, -0.15) is 0 Å². The number of carbonyl (C=O) groups is 1. The summed E-state index contributed by atoms with van der Waals surface area (Å²) < 4.78 is 13.0. The van der Waals surface area contributed by atoms with Gasteiger partial charge in [-0.3, -0.25) is 4.79 Å². The highest BCUT2D eigenvalue weighted by molar-refractivity contribution is 9.09. The second-order valence-electron chi connectivity index (χ2n) is 2.42. The van der Waals surface area contributed by atoms with Crippen molar-refractivity contribution >= 4 is 39.0 Å². The molecule has 1 aromatic carbocycles. The van der Waals surface area contributed by atoms with Crippen LogP contribution in [-0.4, -0.2) is 11.1 Å². The Morgan fingerprint density at radius 1 is 1.62 bits per heavy atom. The van der Waals surface area contributed by atoms with E-state index < -0.39 is 5.82 Å². The first kappa shape index (κ1) is 10.5. The minimum atomic E-state index is -0.675. The summed E-state index contributed by atoms with van der Waals surface area (Å²) >= 11 is 8.45. The van der Waals surface area contributed by atoms with Gasteiger partial charge in [0.15, 0.2) is 5.78 Å². The quantitative estimate of drug-likeness (QED) is 0.508. The van der Waals surface area contributed by atoms with E-state index in [9.17, 15) is 9.18 Å². The van der Waals surface area contributed by atoms with Gasteiger partial charge in [-0.1, -0.05) is 27.5 Å². The molecular weight excluding hydrogens is 260 g/mol. The number of alkyl halides is 1. The number of nitrogens with two attached hydrogens (primary N) is 1. The van der Waals surface area contributed by atoms with Crippen molar-refractivity contribution in [3.8, 4) is 0 Å². The third kappa shape index (κ3) is 2.19. The second-order valence-corrected chi connectivity index (χ2v) is 3.36. The van der Waals surface area contributed by atoms with Gasteiger partial charge in [0.05, 0.1) is 16.0 Å². The first-order valence-corrected chi connectivity index (χ1v) is 4.90. The lowest BCUT2D eigenvalue weighted by atomic mass is 10.1. The van der Waals surface area contributed by atoms with Gasteiger partial charge in [-0.15, -0.1) is 0 Å². The zero-order valence-corrected chi connectivity index (χ0v) is 8.82. The summed E-state index contributed by atoms with van der Waals surface area (Å²) in [5.74, 6) is -0.909. The van der Waals surface area contributed by atoms with Crippen LogP contribution in [0.15, 0.2) is 12.1 Å². The van der Waals surface area contributed by atoms with Gasteiger partial charge in [0.25, 0.3) is 0 Å². The van der Waals surface area contributed by atoms with Crippen molar-refractivity contribution in [2.45, 2.75) is 0 Å². The number of Topliss-reactive ketones (excluding diaryl/α,β-unsaturated/α-hetero) is 1. The number of benzene rings is 1. The number of hydrogen-bond donors (Lipinski definition) is 1. The zero-order chi connectivity index (χ0) is 10.0. The maximum Gasteiger partial charge on any atom is 0.173 e. The summed E-state index contributed by atoms with van der Waals surface area (Å²) in [5, 5.41) is -0.0147. The lowest BCUT2D eigenvalue weighted by Gasteiger charge is -2.02. The molecule has 0 unspecified atom stereocenters. The van der Waals surface area contributed by atoms with Crippen molar-refractivity contribution in [1.82, 2.24) is 0 Å². The predicted octanol–water partition coefficient (Wildman–Crippen LogP) is 2.64. The molecule has 0 aromatic heterocycles. The molecule has 13 heavy (non-hydrogen) atoms. The molecule has 0 heterocycles. The number of nitrogen functional groups attached to an aromatic ring is 1. The third-order valence-corrected chi connectivity index (χ3v) is 2.41. The number of rotatable bonds is 2. The number of ketones is 1. The first-order chi connectivity index (χ1) is 6.06. The van der Waals surface area contributed by atoms with Crippen molar-refractivity contribution in [3.05, 3.63) is 28.5 Å². The fourth-order valence-electron chi connectivity index (χ4n) is 0.848. The average Bonchev–Trinajstić information content (AvgIpc) is 2.12. The largest absolute Gasteiger partial charge is 0.397 e. The highest BCUT2D eigenvalue weighted by Gasteiger charge is 2.10. The van der Waals surface area contributed by atoms with E-state index in [1.54, 1.807) is 0 Å². The van der Waals surface area contributed by atoms with Gasteiger partial charge in [-0.25, -0.2) is 4.39 Å². The molecule has 0 atom stereocenters. The van der Waals surface area contributed by atoms with Crippen LogP contribution in [0.3, 0.4) is 0 Å². The average molecular weight is 266 g/mol. The minimum Gasteiger partial charge on any atom is -0.397 e. The number of hydrogen-bond acceptors (Lipinski definition) is 2. The van der Waals surface area contributed by atoms with Gasteiger partial charge in [-0.05, 0) is 12.1 Å². The maximum atomic E-state index is 13.0. The van der Waals surface area contributed by atoms with Crippen molar-refractivity contribution in [3.63, 3.8) is 0 Å². The molecule has 5 heteroatoms. The lowest BCUT2D eigenvalue weighted by Crippen LogP contribution is -2.02. The second kappa shape index (κ2) is 4.07. The molecule has 1 aromatic rings. The summed E-state index contributed by atoms with van der Waals surface area (Å²) in [4.78, 5) is 11.1. The Labute approximate surface area is 88.0 Å². The number of anilines is 1. The van der Waals surface area contributed by atoms with Gasteiger partial charge in [0, 0.05) is 5.56 Å². The molecule has 0 bridgehead atoms. The molecule has 2 nitrogen and oxygen atoms in total. The molecule has 70 valence electrons. The zero-order valence-electron chi connectivity index (χ0n) is 6.48. The number of carbonyl (C=O) groups excluding carboxylic acids is 1. The van der Waals surface area contributed by atoms with Gasteiger partial charge in [0.1, 0.15) is 5.82 Å². The fourth-order valence-corrected chi connectivity index (χ4v) is 1.28. The van der Waals surface area contributed by atoms with Crippen LogP contribution in [0.2, 0.25) is 5.02 Å². The van der Waals surface area contributed by atoms with E-state index in [2.05, 4.69) is 15.9 Å². The van der Waals surface area contributed by atoms with Crippen molar-refractivity contribution < 1.29 is 9.18 Å². The van der Waals surface area contributed by atoms with E-state index in [4.69, 9.17) is 17.3 Å². The molecule has 0 aliphatic heterocycles. The molecule has 0 aliphatic carbocycles. The Balaban J connectivity index is 3.20. The molecule has 0 spiro atoms. The summed E-state index contributed by atoms with van der Waals surface area (Å²) in [6.45, 7) is 0. The molecule has 0 saturated carbocycles. The van der Waals surface area contributed by atoms with Crippen molar-refractivity contribution in [2.75, 3.05) is 11.1 Å². The van der Waals surface area contributed by atoms with Crippen LogP contribution in [0.1, 0.15) is 10.4 Å². The van der Waals surface area contributed by atoms with Gasteiger partial charge < -0.3 is 5.73 Å². The van der Waals surface area contributed by atoms with E-state index in [0.717, 1.165) is 6.07 Å². The van der Waals surface area contributed by atoms with Crippen LogP contribution in [0.5, 0.6) is 0 Å². The van der Waals surface area contributed by atoms with Crippen LogP contribution in [0.25, 0.3) is 0 Å². The van der Waals surface area contributed by atoms with Crippen LogP contribution >= 0.6 is 27.5 Å². The van der Waals surface area contributed by atoms with Crippen LogP contribution < -0.4 is 5.73 Å². The fraction of sp³-hybridized carbons (Fsp3) is 0.125. The molecule has 0 fully saturated rings. The highest BCUT2D eigenvalue weighted by atomic mass is 79.9. The topological polar surface area (TPSA) is 43.1 Å². The molecule has 1 rings (SSSR count). The number of halogens is 3. The summed E-state index contributed by atoms with van der Waals surface area (Å²) in [5.41, 5.74) is 5.67. The van der Waals surface area contributed by atoms with Crippen LogP contribution in [-0.2, 0) is 0 Å². The minimum absolute atomic E-state index is 0.0750. The van der Waals surface area contributed by atoms with Crippen LogP contribution in [0.4, 0.5) is 10.1 Å². The monoisotopic (exact) mass is 265 g/mol. The first-order valence-electron chi connectivity index (χ1n) is 3.40. The Bertz CT molecular complexity index is 333. The van der Waals surface area contributed by atoms with Gasteiger partial charge >= 0.3 is 0 Å². The van der Waals surface area contributed by atoms with Crippen LogP contribution in [0, 0.1) is 5.82 Å². The molecule has 0 amide bonds. The molecule has 2 N–H and O–H groups in total. The molecule has 0 radical (unpaired) electrons. The van der Waals surface area contributed by atoms with E-state index in [1.165, 1.54) is 6.07 Å². The molecular formula is C8H6BrClFNO. The highest BCUT2D eigenvalue weighted by Crippen LogP contribution is 2.24.